The molecule has 3 N–H and O–H groups in total. The molecule has 2 atom stereocenters. The predicted octanol–water partition coefficient (Wildman–Crippen LogP) is -0.729. The zero-order valence-electron chi connectivity index (χ0n) is 9.08. The molecule has 2 heterocycles. The van der Waals surface area contributed by atoms with Crippen LogP contribution in [0.5, 0.6) is 0 Å². The Balaban J connectivity index is 1.78. The SMILES string of the molecule is CN1CCN(C2CCC(N)NC2)CC1. The van der Waals surface area contributed by atoms with Crippen molar-refractivity contribution in [3.05, 3.63) is 0 Å². The zero-order valence-corrected chi connectivity index (χ0v) is 9.08. The highest BCUT2D eigenvalue weighted by molar-refractivity contribution is 4.84. The van der Waals surface area contributed by atoms with E-state index in [0.717, 1.165) is 19.0 Å². The molecular weight excluding hydrogens is 176 g/mol. The number of piperidine rings is 1. The summed E-state index contributed by atoms with van der Waals surface area (Å²) in [4.78, 5) is 5.01. The van der Waals surface area contributed by atoms with E-state index in [4.69, 9.17) is 5.73 Å². The Morgan fingerprint density at radius 3 is 2.43 bits per heavy atom. The Morgan fingerprint density at radius 2 is 1.86 bits per heavy atom. The van der Waals surface area contributed by atoms with Crippen LogP contribution in [-0.2, 0) is 0 Å². The molecule has 0 amide bonds. The number of piperazine rings is 1. The van der Waals surface area contributed by atoms with E-state index in [1.807, 2.05) is 0 Å². The molecule has 0 aliphatic carbocycles. The van der Waals surface area contributed by atoms with Crippen LogP contribution in [0.1, 0.15) is 12.8 Å². The van der Waals surface area contributed by atoms with Crippen molar-refractivity contribution < 1.29 is 0 Å². The van der Waals surface area contributed by atoms with Crippen molar-refractivity contribution in [3.63, 3.8) is 0 Å². The first-order valence-electron chi connectivity index (χ1n) is 5.67. The normalized spacial score (nSPS) is 37.3. The lowest BCUT2D eigenvalue weighted by Gasteiger charge is -2.40. The minimum Gasteiger partial charge on any atom is -0.316 e. The summed E-state index contributed by atoms with van der Waals surface area (Å²) in [6.07, 6.45) is 2.62. The van der Waals surface area contributed by atoms with E-state index >= 15 is 0 Å². The van der Waals surface area contributed by atoms with Gasteiger partial charge in [0.25, 0.3) is 0 Å². The maximum Gasteiger partial charge on any atom is 0.0547 e. The second-order valence-corrected chi connectivity index (χ2v) is 4.59. The number of nitrogens with one attached hydrogen (secondary N) is 1. The molecule has 2 saturated heterocycles. The fraction of sp³-hybridized carbons (Fsp3) is 1.00. The molecule has 14 heavy (non-hydrogen) atoms. The van der Waals surface area contributed by atoms with E-state index in [0.29, 0.717) is 0 Å². The zero-order chi connectivity index (χ0) is 9.97. The van der Waals surface area contributed by atoms with E-state index in [1.165, 1.54) is 32.6 Å². The van der Waals surface area contributed by atoms with Gasteiger partial charge in [0.1, 0.15) is 0 Å². The maximum atomic E-state index is 5.81. The molecule has 0 aromatic rings. The van der Waals surface area contributed by atoms with Gasteiger partial charge in [0.15, 0.2) is 0 Å². The molecule has 2 rings (SSSR count). The Kier molecular flexibility index (Phi) is 3.38. The number of hydrogen-bond donors (Lipinski definition) is 2. The van der Waals surface area contributed by atoms with Crippen molar-refractivity contribution in [2.45, 2.75) is 25.0 Å². The van der Waals surface area contributed by atoms with Gasteiger partial charge >= 0.3 is 0 Å². The van der Waals surface area contributed by atoms with Crippen LogP contribution in [0.4, 0.5) is 0 Å². The molecular formula is C10H22N4. The highest BCUT2D eigenvalue weighted by Crippen LogP contribution is 2.13. The van der Waals surface area contributed by atoms with Gasteiger partial charge in [-0.1, -0.05) is 0 Å². The third kappa shape index (κ3) is 2.45. The molecule has 0 aromatic carbocycles. The number of nitrogens with two attached hydrogens (primary N) is 1. The van der Waals surface area contributed by atoms with Crippen LogP contribution in [-0.4, -0.2) is 61.8 Å². The summed E-state index contributed by atoms with van der Waals surface area (Å²) < 4.78 is 0. The molecule has 0 saturated carbocycles. The lowest BCUT2D eigenvalue weighted by atomic mass is 10.0. The van der Waals surface area contributed by atoms with E-state index < -0.39 is 0 Å². The summed E-state index contributed by atoms with van der Waals surface area (Å²) in [5.41, 5.74) is 5.81. The van der Waals surface area contributed by atoms with Crippen molar-refractivity contribution in [2.75, 3.05) is 39.8 Å². The summed E-state index contributed by atoms with van der Waals surface area (Å²) >= 11 is 0. The third-order valence-corrected chi connectivity index (χ3v) is 3.48. The van der Waals surface area contributed by atoms with Crippen LogP contribution in [0.25, 0.3) is 0 Å². The summed E-state index contributed by atoms with van der Waals surface area (Å²) in [5, 5.41) is 3.36. The number of hydrogen-bond acceptors (Lipinski definition) is 4. The first-order valence-corrected chi connectivity index (χ1v) is 5.67. The monoisotopic (exact) mass is 198 g/mol. The summed E-state index contributed by atoms with van der Waals surface area (Å²) in [5.74, 6) is 0. The first kappa shape index (κ1) is 10.4. The Bertz CT molecular complexity index is 149. The van der Waals surface area contributed by atoms with Gasteiger partial charge in [-0.3, -0.25) is 4.90 Å². The van der Waals surface area contributed by atoms with Crippen molar-refractivity contribution in [2.24, 2.45) is 5.73 Å². The molecule has 2 fully saturated rings. The molecule has 2 aliphatic rings. The average Bonchev–Trinajstić information content (AvgIpc) is 2.21. The minimum absolute atomic E-state index is 0.235. The average molecular weight is 198 g/mol. The molecule has 4 heteroatoms. The molecule has 0 radical (unpaired) electrons. The molecule has 2 unspecified atom stereocenters. The van der Waals surface area contributed by atoms with Crippen molar-refractivity contribution in [1.29, 1.82) is 0 Å². The van der Waals surface area contributed by atoms with Crippen LogP contribution in [0, 0.1) is 0 Å². The van der Waals surface area contributed by atoms with Crippen LogP contribution >= 0.6 is 0 Å². The highest BCUT2D eigenvalue weighted by atomic mass is 15.3. The maximum absolute atomic E-state index is 5.81. The molecule has 82 valence electrons. The van der Waals surface area contributed by atoms with Crippen LogP contribution in [0.15, 0.2) is 0 Å². The van der Waals surface area contributed by atoms with Crippen molar-refractivity contribution >= 4 is 0 Å². The lowest BCUT2D eigenvalue weighted by Crippen LogP contribution is -2.56. The van der Waals surface area contributed by atoms with Gasteiger partial charge < -0.3 is 16.0 Å². The van der Waals surface area contributed by atoms with Crippen LogP contribution < -0.4 is 11.1 Å². The van der Waals surface area contributed by atoms with Crippen LogP contribution in [0.2, 0.25) is 0 Å². The van der Waals surface area contributed by atoms with Gasteiger partial charge in [-0.05, 0) is 19.9 Å². The predicted molar refractivity (Wildman–Crippen MR) is 58.1 cm³/mol. The second-order valence-electron chi connectivity index (χ2n) is 4.59. The molecule has 4 nitrogen and oxygen atoms in total. The van der Waals surface area contributed by atoms with E-state index in [-0.39, 0.29) is 6.17 Å². The van der Waals surface area contributed by atoms with Gasteiger partial charge in [0.2, 0.25) is 0 Å². The second kappa shape index (κ2) is 4.57. The Morgan fingerprint density at radius 1 is 1.14 bits per heavy atom. The molecule has 0 bridgehead atoms. The van der Waals surface area contributed by atoms with E-state index in [1.54, 1.807) is 0 Å². The molecule has 0 aromatic heterocycles. The largest absolute Gasteiger partial charge is 0.316 e. The lowest BCUT2D eigenvalue weighted by molar-refractivity contribution is 0.0910. The summed E-state index contributed by atoms with van der Waals surface area (Å²) in [6, 6.07) is 0.725. The number of likely N-dealkylation sites (N-methyl/N-ethyl adjacent to an activating group) is 1. The number of rotatable bonds is 1. The van der Waals surface area contributed by atoms with Crippen molar-refractivity contribution in [1.82, 2.24) is 15.1 Å². The smallest absolute Gasteiger partial charge is 0.0547 e. The Hall–Kier alpha value is -0.160. The van der Waals surface area contributed by atoms with Crippen LogP contribution in [0.3, 0.4) is 0 Å². The Labute approximate surface area is 86.4 Å². The topological polar surface area (TPSA) is 44.5 Å². The van der Waals surface area contributed by atoms with E-state index in [9.17, 15) is 0 Å². The summed E-state index contributed by atoms with van der Waals surface area (Å²) in [7, 11) is 2.20. The van der Waals surface area contributed by atoms with Gasteiger partial charge in [-0.15, -0.1) is 0 Å². The third-order valence-electron chi connectivity index (χ3n) is 3.48. The van der Waals surface area contributed by atoms with Gasteiger partial charge in [0, 0.05) is 38.8 Å². The molecule has 0 spiro atoms. The van der Waals surface area contributed by atoms with Gasteiger partial charge in [-0.2, -0.15) is 0 Å². The number of nitrogens with zero attached hydrogens (tertiary/aromatic N) is 2. The van der Waals surface area contributed by atoms with E-state index in [2.05, 4.69) is 22.2 Å². The van der Waals surface area contributed by atoms with Crippen molar-refractivity contribution in [3.8, 4) is 0 Å². The van der Waals surface area contributed by atoms with Gasteiger partial charge in [-0.25, -0.2) is 0 Å². The first-order chi connectivity index (χ1) is 6.75. The fourth-order valence-corrected chi connectivity index (χ4v) is 2.36. The van der Waals surface area contributed by atoms with Gasteiger partial charge in [0.05, 0.1) is 6.17 Å². The molecule has 2 aliphatic heterocycles. The minimum atomic E-state index is 0.235. The summed E-state index contributed by atoms with van der Waals surface area (Å²) in [6.45, 7) is 5.94. The fourth-order valence-electron chi connectivity index (χ4n) is 2.36. The standard InChI is InChI=1S/C10H22N4/c1-13-4-6-14(7-5-13)9-2-3-10(11)12-8-9/h9-10,12H,2-8,11H2,1H3. The quantitative estimate of drug-likeness (QED) is 0.583. The highest BCUT2D eigenvalue weighted by Gasteiger charge is 2.25.